The number of carbonyl (C=O) groups excluding carboxylic acids is 3. The molecule has 2 aromatic rings. The number of nitrogens with zero attached hydrogens (tertiary/aromatic N) is 1. The van der Waals surface area contributed by atoms with Gasteiger partial charge in [-0.3, -0.25) is 14.4 Å². The Hall–Kier alpha value is -3.39. The van der Waals surface area contributed by atoms with Crippen LogP contribution in [0.2, 0.25) is 0 Å². The molecule has 1 aliphatic rings. The fourth-order valence-corrected chi connectivity index (χ4v) is 4.33. The molecule has 0 aliphatic carbocycles. The predicted molar refractivity (Wildman–Crippen MR) is 134 cm³/mol. The number of methoxy groups -OCH3 is 2. The highest BCUT2D eigenvalue weighted by Crippen LogP contribution is 2.24. The van der Waals surface area contributed by atoms with Crippen LogP contribution in [0.4, 0.5) is 0 Å². The molecule has 1 fully saturated rings. The number of hydrogen-bond donors (Lipinski definition) is 2. The summed E-state index contributed by atoms with van der Waals surface area (Å²) >= 11 is 0. The zero-order valence-electron chi connectivity index (χ0n) is 20.7. The summed E-state index contributed by atoms with van der Waals surface area (Å²) in [4.78, 5) is 40.9. The van der Waals surface area contributed by atoms with Crippen molar-refractivity contribution in [3.63, 3.8) is 0 Å². The van der Waals surface area contributed by atoms with E-state index in [2.05, 4.69) is 10.6 Å². The molecule has 1 saturated heterocycles. The standard InChI is InChI=1S/C27H35N3O5/c1-19-7-4-5-8-23(19)25(31)29-24(26(32)28-15-6-18-34-2)20-13-16-30(17-14-20)27(33)21-9-11-22(35-3)12-10-21/h4-5,7-12,20,24H,6,13-18H2,1-3H3,(H,28,32)(H,29,31). The van der Waals surface area contributed by atoms with Crippen molar-refractivity contribution >= 4 is 17.7 Å². The fourth-order valence-electron chi connectivity index (χ4n) is 4.33. The molecule has 1 atom stereocenters. The van der Waals surface area contributed by atoms with E-state index in [0.717, 1.165) is 5.56 Å². The molecule has 8 nitrogen and oxygen atoms in total. The van der Waals surface area contributed by atoms with Gasteiger partial charge in [0.15, 0.2) is 0 Å². The van der Waals surface area contributed by atoms with Crippen molar-refractivity contribution in [2.75, 3.05) is 40.5 Å². The van der Waals surface area contributed by atoms with E-state index in [9.17, 15) is 14.4 Å². The van der Waals surface area contributed by atoms with E-state index in [1.807, 2.05) is 25.1 Å². The maximum absolute atomic E-state index is 13.1. The van der Waals surface area contributed by atoms with E-state index in [1.54, 1.807) is 49.5 Å². The number of rotatable bonds is 10. The van der Waals surface area contributed by atoms with E-state index in [0.29, 0.717) is 62.4 Å². The van der Waals surface area contributed by atoms with Crippen molar-refractivity contribution in [3.8, 4) is 5.75 Å². The van der Waals surface area contributed by atoms with Crippen LogP contribution in [-0.4, -0.2) is 69.1 Å². The molecule has 3 amide bonds. The van der Waals surface area contributed by atoms with Crippen molar-refractivity contribution in [3.05, 3.63) is 65.2 Å². The molecular weight excluding hydrogens is 446 g/mol. The van der Waals surface area contributed by atoms with Gasteiger partial charge in [0, 0.05) is 44.5 Å². The lowest BCUT2D eigenvalue weighted by molar-refractivity contribution is -0.124. The van der Waals surface area contributed by atoms with E-state index in [-0.39, 0.29) is 23.6 Å². The van der Waals surface area contributed by atoms with Gasteiger partial charge in [-0.15, -0.1) is 0 Å². The maximum atomic E-state index is 13.1. The fraction of sp³-hybridized carbons (Fsp3) is 0.444. The van der Waals surface area contributed by atoms with Gasteiger partial charge in [-0.25, -0.2) is 0 Å². The third-order valence-electron chi connectivity index (χ3n) is 6.42. The molecule has 3 rings (SSSR count). The molecule has 1 heterocycles. The molecule has 1 aliphatic heterocycles. The van der Waals surface area contributed by atoms with E-state index in [1.165, 1.54) is 0 Å². The van der Waals surface area contributed by atoms with Crippen LogP contribution in [0.25, 0.3) is 0 Å². The van der Waals surface area contributed by atoms with Crippen molar-refractivity contribution in [1.82, 2.24) is 15.5 Å². The Kier molecular flexibility index (Phi) is 9.66. The molecular formula is C27H35N3O5. The topological polar surface area (TPSA) is 97.0 Å². The number of nitrogens with one attached hydrogen (secondary N) is 2. The Balaban J connectivity index is 1.66. The first-order valence-electron chi connectivity index (χ1n) is 12.0. The summed E-state index contributed by atoms with van der Waals surface area (Å²) in [7, 11) is 3.21. The largest absolute Gasteiger partial charge is 0.497 e. The van der Waals surface area contributed by atoms with Gasteiger partial charge in [0.1, 0.15) is 11.8 Å². The molecule has 1 unspecified atom stereocenters. The summed E-state index contributed by atoms with van der Waals surface area (Å²) in [6, 6.07) is 13.7. The molecule has 188 valence electrons. The maximum Gasteiger partial charge on any atom is 0.253 e. The molecule has 2 N–H and O–H groups in total. The first-order valence-corrected chi connectivity index (χ1v) is 12.0. The quantitative estimate of drug-likeness (QED) is 0.509. The average Bonchev–Trinajstić information content (AvgIpc) is 2.89. The minimum atomic E-state index is -0.678. The summed E-state index contributed by atoms with van der Waals surface area (Å²) in [5.41, 5.74) is 2.01. The molecule has 0 bridgehead atoms. The minimum absolute atomic E-state index is 0.0457. The summed E-state index contributed by atoms with van der Waals surface area (Å²) in [5.74, 6) is 0.102. The Morgan fingerprint density at radius 3 is 2.34 bits per heavy atom. The normalized spacial score (nSPS) is 14.8. The number of ether oxygens (including phenoxy) is 2. The predicted octanol–water partition coefficient (Wildman–Crippen LogP) is 2.81. The summed E-state index contributed by atoms with van der Waals surface area (Å²) in [5, 5.41) is 5.90. The van der Waals surface area contributed by atoms with Gasteiger partial charge in [-0.1, -0.05) is 18.2 Å². The number of benzene rings is 2. The SMILES string of the molecule is COCCCNC(=O)C(NC(=O)c1ccccc1C)C1CCN(C(=O)c2ccc(OC)cc2)CC1. The first-order chi connectivity index (χ1) is 16.9. The average molecular weight is 482 g/mol. The van der Waals surface area contributed by atoms with Crippen LogP contribution in [0.15, 0.2) is 48.5 Å². The summed E-state index contributed by atoms with van der Waals surface area (Å²) in [6.45, 7) is 3.93. The minimum Gasteiger partial charge on any atom is -0.497 e. The van der Waals surface area contributed by atoms with Crippen molar-refractivity contribution < 1.29 is 23.9 Å². The Morgan fingerprint density at radius 2 is 1.71 bits per heavy atom. The summed E-state index contributed by atoms with van der Waals surface area (Å²) < 4.78 is 10.2. The van der Waals surface area contributed by atoms with E-state index in [4.69, 9.17) is 9.47 Å². The van der Waals surface area contributed by atoms with E-state index >= 15 is 0 Å². The zero-order valence-corrected chi connectivity index (χ0v) is 20.7. The second-order valence-corrected chi connectivity index (χ2v) is 8.76. The molecule has 0 aromatic heterocycles. The van der Waals surface area contributed by atoms with Crippen LogP contribution >= 0.6 is 0 Å². The van der Waals surface area contributed by atoms with Gasteiger partial charge in [0.25, 0.3) is 11.8 Å². The van der Waals surface area contributed by atoms with Crippen LogP contribution in [0, 0.1) is 12.8 Å². The Labute approximate surface area is 207 Å². The number of carbonyl (C=O) groups is 3. The van der Waals surface area contributed by atoms with Gasteiger partial charge in [-0.2, -0.15) is 0 Å². The lowest BCUT2D eigenvalue weighted by Crippen LogP contribution is -2.54. The van der Waals surface area contributed by atoms with Crippen LogP contribution < -0.4 is 15.4 Å². The second-order valence-electron chi connectivity index (χ2n) is 8.76. The van der Waals surface area contributed by atoms with Crippen LogP contribution in [0.3, 0.4) is 0 Å². The highest BCUT2D eigenvalue weighted by Gasteiger charge is 2.34. The molecule has 35 heavy (non-hydrogen) atoms. The first kappa shape index (κ1) is 26.2. The van der Waals surface area contributed by atoms with Crippen LogP contribution in [0.5, 0.6) is 5.75 Å². The highest BCUT2D eigenvalue weighted by molar-refractivity contribution is 5.98. The second kappa shape index (κ2) is 12.9. The van der Waals surface area contributed by atoms with Crippen molar-refractivity contribution in [2.45, 2.75) is 32.2 Å². The summed E-state index contributed by atoms with van der Waals surface area (Å²) in [6.07, 6.45) is 1.92. The van der Waals surface area contributed by atoms with Crippen molar-refractivity contribution in [1.29, 1.82) is 0 Å². The van der Waals surface area contributed by atoms with Gasteiger partial charge in [-0.05, 0) is 68.0 Å². The van der Waals surface area contributed by atoms with Gasteiger partial charge in [0.2, 0.25) is 5.91 Å². The Bertz CT molecular complexity index is 1000. The monoisotopic (exact) mass is 481 g/mol. The molecule has 2 aromatic carbocycles. The molecule has 8 heteroatoms. The molecule has 0 radical (unpaired) electrons. The third-order valence-corrected chi connectivity index (χ3v) is 6.42. The van der Waals surface area contributed by atoms with Gasteiger partial charge >= 0.3 is 0 Å². The van der Waals surface area contributed by atoms with Crippen LogP contribution in [0.1, 0.15) is 45.5 Å². The smallest absolute Gasteiger partial charge is 0.253 e. The number of aryl methyl sites for hydroxylation is 1. The lowest BCUT2D eigenvalue weighted by atomic mass is 9.88. The molecule has 0 spiro atoms. The zero-order chi connectivity index (χ0) is 25.2. The number of piperidine rings is 1. The highest BCUT2D eigenvalue weighted by atomic mass is 16.5. The Morgan fingerprint density at radius 1 is 1.03 bits per heavy atom. The van der Waals surface area contributed by atoms with Crippen molar-refractivity contribution in [2.24, 2.45) is 5.92 Å². The number of hydrogen-bond acceptors (Lipinski definition) is 5. The van der Waals surface area contributed by atoms with Gasteiger partial charge < -0.3 is 25.0 Å². The third kappa shape index (κ3) is 7.05. The van der Waals surface area contributed by atoms with Gasteiger partial charge in [0.05, 0.1) is 7.11 Å². The van der Waals surface area contributed by atoms with Crippen LogP contribution in [-0.2, 0) is 9.53 Å². The lowest BCUT2D eigenvalue weighted by Gasteiger charge is -2.36. The van der Waals surface area contributed by atoms with E-state index < -0.39 is 6.04 Å². The molecule has 0 saturated carbocycles. The number of likely N-dealkylation sites (tertiary alicyclic amines) is 1. The number of amides is 3.